The summed E-state index contributed by atoms with van der Waals surface area (Å²) in [7, 11) is 0. The highest BCUT2D eigenvalue weighted by Gasteiger charge is 2.10. The Labute approximate surface area is 124 Å². The maximum Gasteiger partial charge on any atom is 0.325 e. The first-order valence-electron chi connectivity index (χ1n) is 6.67. The van der Waals surface area contributed by atoms with Crippen LogP contribution in [0.2, 0.25) is 0 Å². The molecule has 0 bridgehead atoms. The van der Waals surface area contributed by atoms with Crippen molar-refractivity contribution in [3.05, 3.63) is 61.0 Å². The zero-order valence-corrected chi connectivity index (χ0v) is 11.9. The van der Waals surface area contributed by atoms with Crippen LogP contribution in [0, 0.1) is 0 Å². The van der Waals surface area contributed by atoms with E-state index in [1.165, 1.54) is 17.0 Å². The monoisotopic (exact) mass is 305 g/mol. The van der Waals surface area contributed by atoms with E-state index in [0.717, 1.165) is 6.20 Å². The van der Waals surface area contributed by atoms with E-state index < -0.39 is 17.2 Å². The number of carbonyl (C=O) groups is 1. The molecule has 116 valence electrons. The van der Waals surface area contributed by atoms with Crippen LogP contribution < -0.4 is 22.1 Å². The van der Waals surface area contributed by atoms with E-state index in [4.69, 9.17) is 0 Å². The van der Waals surface area contributed by atoms with Crippen molar-refractivity contribution in [1.29, 1.82) is 0 Å². The van der Waals surface area contributed by atoms with Crippen molar-refractivity contribution in [3.8, 4) is 0 Å². The van der Waals surface area contributed by atoms with Gasteiger partial charge in [0.25, 0.3) is 17.0 Å². The minimum atomic E-state index is -0.771. The van der Waals surface area contributed by atoms with Crippen molar-refractivity contribution in [3.63, 3.8) is 0 Å². The number of nitrogens with one attached hydrogen (secondary N) is 3. The summed E-state index contributed by atoms with van der Waals surface area (Å²) in [6.07, 6.45) is 3.13. The summed E-state index contributed by atoms with van der Waals surface area (Å²) in [6.45, 7) is 2.27. The summed E-state index contributed by atoms with van der Waals surface area (Å²) in [4.78, 5) is 54.1. The predicted molar refractivity (Wildman–Crippen MR) is 77.9 cm³/mol. The van der Waals surface area contributed by atoms with E-state index in [1.807, 2.05) is 11.9 Å². The van der Waals surface area contributed by atoms with Crippen LogP contribution in [0.1, 0.15) is 23.0 Å². The highest BCUT2D eigenvalue weighted by Crippen LogP contribution is 1.90. The molecule has 0 saturated heterocycles. The normalized spacial score (nSPS) is 10.4. The summed E-state index contributed by atoms with van der Waals surface area (Å²) < 4.78 is 1.36. The van der Waals surface area contributed by atoms with Gasteiger partial charge in [0.1, 0.15) is 5.56 Å². The van der Waals surface area contributed by atoms with E-state index >= 15 is 0 Å². The van der Waals surface area contributed by atoms with Gasteiger partial charge in [-0.1, -0.05) is 6.92 Å². The van der Waals surface area contributed by atoms with E-state index in [-0.39, 0.29) is 24.2 Å². The van der Waals surface area contributed by atoms with Gasteiger partial charge < -0.3 is 10.3 Å². The van der Waals surface area contributed by atoms with Gasteiger partial charge in [0.05, 0.1) is 6.33 Å². The standard InChI is InChI=1S/C13H15N5O4/c1-2-8-5-10(19)18(7-16-8)4-3-14-11(20)9-6-15-13(22)17-12(9)21/h5-7H,2-4H2,1H3,(H,14,20)(H2,15,17,21,22). The van der Waals surface area contributed by atoms with Crippen molar-refractivity contribution in [2.45, 2.75) is 19.9 Å². The van der Waals surface area contributed by atoms with Crippen LogP contribution in [0.4, 0.5) is 0 Å². The Morgan fingerprint density at radius 1 is 1.36 bits per heavy atom. The number of nitrogens with zero attached hydrogens (tertiary/aromatic N) is 2. The van der Waals surface area contributed by atoms with E-state index in [1.54, 1.807) is 0 Å². The van der Waals surface area contributed by atoms with Crippen molar-refractivity contribution in [2.24, 2.45) is 0 Å². The molecule has 0 aromatic carbocycles. The third-order valence-electron chi connectivity index (χ3n) is 3.00. The average Bonchev–Trinajstić information content (AvgIpc) is 2.48. The molecule has 0 aliphatic heterocycles. The molecule has 2 rings (SSSR count). The summed E-state index contributed by atoms with van der Waals surface area (Å²) in [6, 6.07) is 1.44. The number of hydrogen-bond donors (Lipinski definition) is 3. The molecule has 0 fully saturated rings. The highest BCUT2D eigenvalue weighted by atomic mass is 16.2. The molecule has 22 heavy (non-hydrogen) atoms. The maximum absolute atomic E-state index is 11.8. The second-order valence-electron chi connectivity index (χ2n) is 4.51. The number of carbonyl (C=O) groups excluding carboxylic acids is 1. The van der Waals surface area contributed by atoms with Gasteiger partial charge in [0, 0.05) is 31.0 Å². The fourth-order valence-corrected chi connectivity index (χ4v) is 1.79. The molecule has 9 heteroatoms. The van der Waals surface area contributed by atoms with Gasteiger partial charge in [-0.05, 0) is 6.42 Å². The second kappa shape index (κ2) is 6.66. The molecule has 0 aliphatic rings. The predicted octanol–water partition coefficient (Wildman–Crippen LogP) is -1.39. The van der Waals surface area contributed by atoms with Crippen molar-refractivity contribution >= 4 is 5.91 Å². The van der Waals surface area contributed by atoms with Crippen LogP contribution in [-0.4, -0.2) is 32.0 Å². The Kier molecular flexibility index (Phi) is 4.66. The van der Waals surface area contributed by atoms with Gasteiger partial charge in [-0.25, -0.2) is 9.78 Å². The Hall–Kier alpha value is -2.97. The lowest BCUT2D eigenvalue weighted by atomic mass is 10.3. The molecule has 2 aromatic heterocycles. The van der Waals surface area contributed by atoms with Gasteiger partial charge in [0.2, 0.25) is 0 Å². The number of H-pyrrole nitrogens is 2. The van der Waals surface area contributed by atoms with Crippen LogP contribution in [-0.2, 0) is 13.0 Å². The quantitative estimate of drug-likeness (QED) is 0.626. The Morgan fingerprint density at radius 3 is 2.77 bits per heavy atom. The smallest absolute Gasteiger partial charge is 0.325 e. The van der Waals surface area contributed by atoms with Crippen LogP contribution in [0.15, 0.2) is 33.0 Å². The lowest BCUT2D eigenvalue weighted by Crippen LogP contribution is -2.36. The Balaban J connectivity index is 1.99. The van der Waals surface area contributed by atoms with Gasteiger partial charge >= 0.3 is 5.69 Å². The molecule has 1 amide bonds. The number of rotatable bonds is 5. The molecule has 9 nitrogen and oxygen atoms in total. The number of aryl methyl sites for hydroxylation is 1. The number of hydrogen-bond acceptors (Lipinski definition) is 5. The minimum absolute atomic E-state index is 0.143. The van der Waals surface area contributed by atoms with Gasteiger partial charge in [-0.15, -0.1) is 0 Å². The molecule has 0 spiro atoms. The van der Waals surface area contributed by atoms with Crippen LogP contribution in [0.25, 0.3) is 0 Å². The van der Waals surface area contributed by atoms with Crippen LogP contribution in [0.3, 0.4) is 0 Å². The summed E-state index contributed by atoms with van der Waals surface area (Å²) in [5.74, 6) is -0.635. The fourth-order valence-electron chi connectivity index (χ4n) is 1.79. The largest absolute Gasteiger partial charge is 0.350 e. The molecule has 0 radical (unpaired) electrons. The third-order valence-corrected chi connectivity index (χ3v) is 3.00. The van der Waals surface area contributed by atoms with Crippen molar-refractivity contribution in [2.75, 3.05) is 6.54 Å². The molecular weight excluding hydrogens is 290 g/mol. The van der Waals surface area contributed by atoms with E-state index in [9.17, 15) is 19.2 Å². The fraction of sp³-hybridized carbons (Fsp3) is 0.308. The lowest BCUT2D eigenvalue weighted by Gasteiger charge is -2.07. The zero-order valence-electron chi connectivity index (χ0n) is 11.9. The summed E-state index contributed by atoms with van der Waals surface area (Å²) in [5.41, 5.74) is -1.16. The Bertz CT molecular complexity index is 848. The molecule has 3 N–H and O–H groups in total. The second-order valence-corrected chi connectivity index (χ2v) is 4.51. The van der Waals surface area contributed by atoms with E-state index in [2.05, 4.69) is 15.3 Å². The molecular formula is C13H15N5O4. The number of aromatic nitrogens is 4. The first-order chi connectivity index (χ1) is 10.5. The topological polar surface area (TPSA) is 130 Å². The number of aromatic amines is 2. The zero-order chi connectivity index (χ0) is 16.1. The average molecular weight is 305 g/mol. The first kappa shape index (κ1) is 15.4. The van der Waals surface area contributed by atoms with Gasteiger partial charge in [0.15, 0.2) is 0 Å². The minimum Gasteiger partial charge on any atom is -0.350 e. The third kappa shape index (κ3) is 3.57. The molecule has 0 unspecified atom stereocenters. The molecule has 0 atom stereocenters. The highest BCUT2D eigenvalue weighted by molar-refractivity contribution is 5.93. The van der Waals surface area contributed by atoms with Crippen molar-refractivity contribution < 1.29 is 4.79 Å². The molecule has 0 saturated carbocycles. The number of amides is 1. The summed E-state index contributed by atoms with van der Waals surface area (Å²) in [5, 5.41) is 2.50. The van der Waals surface area contributed by atoms with Gasteiger partial charge in [-0.3, -0.25) is 23.9 Å². The Morgan fingerprint density at radius 2 is 2.14 bits per heavy atom. The lowest BCUT2D eigenvalue weighted by molar-refractivity contribution is 0.0950. The SMILES string of the molecule is CCc1cc(=O)n(CCNC(=O)c2c[nH]c(=O)[nH]c2=O)cn1. The van der Waals surface area contributed by atoms with E-state index in [0.29, 0.717) is 12.1 Å². The first-order valence-corrected chi connectivity index (χ1v) is 6.67. The van der Waals surface area contributed by atoms with Crippen LogP contribution >= 0.6 is 0 Å². The molecule has 2 heterocycles. The summed E-state index contributed by atoms with van der Waals surface area (Å²) >= 11 is 0. The van der Waals surface area contributed by atoms with Gasteiger partial charge in [-0.2, -0.15) is 0 Å². The molecule has 2 aromatic rings. The molecule has 0 aliphatic carbocycles. The van der Waals surface area contributed by atoms with Crippen LogP contribution in [0.5, 0.6) is 0 Å². The maximum atomic E-state index is 11.8. The van der Waals surface area contributed by atoms with Crippen molar-refractivity contribution in [1.82, 2.24) is 24.8 Å².